The van der Waals surface area contributed by atoms with Gasteiger partial charge in [-0.25, -0.2) is 9.69 Å². The molecule has 6 nitrogen and oxygen atoms in total. The van der Waals surface area contributed by atoms with Crippen LogP contribution < -0.4 is 0 Å². The lowest BCUT2D eigenvalue weighted by Crippen LogP contribution is -1.96. The summed E-state index contributed by atoms with van der Waals surface area (Å²) in [4.78, 5) is 7.67. The third-order valence-corrected chi connectivity index (χ3v) is 11.3. The molecule has 0 aliphatic carbocycles. The Kier molecular flexibility index (Phi) is 6.95. The zero-order valence-corrected chi connectivity index (χ0v) is 30.3. The number of benzene rings is 8. The Morgan fingerprint density at radius 2 is 0.912 bits per heavy atom. The van der Waals surface area contributed by atoms with E-state index in [9.17, 15) is 5.26 Å². The number of hydrogen-bond donors (Lipinski definition) is 0. The Balaban J connectivity index is 1.03. The van der Waals surface area contributed by atoms with E-state index in [1.807, 2.05) is 60.7 Å². The van der Waals surface area contributed by atoms with Crippen molar-refractivity contribution < 1.29 is 0 Å². The van der Waals surface area contributed by atoms with Crippen LogP contribution >= 0.6 is 0 Å². The topological polar surface area (TPSA) is 47.3 Å². The van der Waals surface area contributed by atoms with Crippen LogP contribution in [0, 0.1) is 24.5 Å². The molecule has 3 heterocycles. The third kappa shape index (κ3) is 4.74. The van der Waals surface area contributed by atoms with E-state index >= 15 is 0 Å². The first-order valence-corrected chi connectivity index (χ1v) is 18.6. The van der Waals surface area contributed by atoms with Gasteiger partial charge in [-0.15, -0.1) is 0 Å². The lowest BCUT2D eigenvalue weighted by molar-refractivity contribution is 1.16. The Morgan fingerprint density at radius 3 is 1.58 bits per heavy atom. The van der Waals surface area contributed by atoms with Gasteiger partial charge in [0.25, 0.3) is 0 Å². The van der Waals surface area contributed by atoms with Crippen LogP contribution in [-0.4, -0.2) is 13.7 Å². The van der Waals surface area contributed by atoms with Crippen molar-refractivity contribution in [3.8, 4) is 34.3 Å². The van der Waals surface area contributed by atoms with Crippen molar-refractivity contribution in [2.24, 2.45) is 0 Å². The molecule has 11 rings (SSSR count). The van der Waals surface area contributed by atoms with Crippen molar-refractivity contribution in [3.05, 3.63) is 198 Å². The van der Waals surface area contributed by atoms with Gasteiger partial charge in [0.15, 0.2) is 5.69 Å². The Morgan fingerprint density at radius 1 is 0.404 bits per heavy atom. The van der Waals surface area contributed by atoms with E-state index in [0.717, 1.165) is 82.8 Å². The fourth-order valence-electron chi connectivity index (χ4n) is 8.77. The van der Waals surface area contributed by atoms with Gasteiger partial charge in [-0.05, 0) is 108 Å². The highest BCUT2D eigenvalue weighted by Gasteiger charge is 2.19. The highest BCUT2D eigenvalue weighted by molar-refractivity contribution is 6.13. The first kappa shape index (κ1) is 32.1. The minimum Gasteiger partial charge on any atom is -0.319 e. The lowest BCUT2D eigenvalue weighted by Gasteiger charge is -2.13. The van der Waals surface area contributed by atoms with Gasteiger partial charge in [-0.3, -0.25) is 0 Å². The summed E-state index contributed by atoms with van der Waals surface area (Å²) in [5.41, 5.74) is 12.9. The summed E-state index contributed by atoms with van der Waals surface area (Å²) in [5.74, 6) is 0. The summed E-state index contributed by atoms with van der Waals surface area (Å²) in [7, 11) is 0. The van der Waals surface area contributed by atoms with Crippen molar-refractivity contribution in [2.45, 2.75) is 0 Å². The molecule has 6 heteroatoms. The molecule has 0 atom stereocenters. The van der Waals surface area contributed by atoms with Crippen molar-refractivity contribution >= 4 is 76.8 Å². The average molecular weight is 725 g/mol. The standard InChI is InChI=1S/C51H28N6/c1-53-35-19-25-50-42(29-35)40-11-5-8-14-47(40)57(50)51-24-18-34(28-44(51)54-2)33-16-20-36(21-17-33)55-48-23-15-32(31-52)27-41(48)43-30-37(22-26-49(43)55)56-45-12-6-3-9-38(45)39-10-4-7-13-46(39)56/h3-30H. The Labute approximate surface area is 327 Å². The molecular formula is C51H28N6. The van der Waals surface area contributed by atoms with Crippen molar-refractivity contribution in [1.82, 2.24) is 13.7 Å². The second-order valence-electron chi connectivity index (χ2n) is 14.3. The van der Waals surface area contributed by atoms with Crippen LogP contribution in [0.15, 0.2) is 170 Å². The SMILES string of the molecule is [C-]#[N+]c1ccc2c(c1)c1ccccc1n2-c1ccc(-c2ccc(-n3c4ccc(C#N)cc4c4cc(-n5c6ccccc6c6ccccc65)ccc43)cc2)cc1[N+]#[C-]. The van der Waals surface area contributed by atoms with Gasteiger partial charge in [0.05, 0.1) is 63.6 Å². The molecule has 8 aromatic carbocycles. The molecule has 0 saturated heterocycles. The zero-order chi connectivity index (χ0) is 38.2. The molecule has 0 fully saturated rings. The molecule has 3 aromatic heterocycles. The van der Waals surface area contributed by atoms with Crippen LogP contribution in [0.4, 0.5) is 11.4 Å². The first-order valence-electron chi connectivity index (χ1n) is 18.6. The number of rotatable bonds is 4. The summed E-state index contributed by atoms with van der Waals surface area (Å²) in [5, 5.41) is 16.5. The number of nitrogens with zero attached hydrogens (tertiary/aromatic N) is 6. The second kappa shape index (κ2) is 12.3. The maximum atomic E-state index is 9.90. The number of nitriles is 1. The molecule has 0 aliphatic rings. The van der Waals surface area contributed by atoms with Crippen LogP contribution in [0.5, 0.6) is 0 Å². The largest absolute Gasteiger partial charge is 0.319 e. The van der Waals surface area contributed by atoms with Gasteiger partial charge < -0.3 is 13.7 Å². The first-order chi connectivity index (χ1) is 28.1. The van der Waals surface area contributed by atoms with Crippen molar-refractivity contribution in [3.63, 3.8) is 0 Å². The predicted octanol–water partition coefficient (Wildman–Crippen LogP) is 13.6. The predicted molar refractivity (Wildman–Crippen MR) is 232 cm³/mol. The van der Waals surface area contributed by atoms with Crippen LogP contribution in [0.25, 0.3) is 103 Å². The van der Waals surface area contributed by atoms with Gasteiger partial charge in [0.1, 0.15) is 0 Å². The highest BCUT2D eigenvalue weighted by Crippen LogP contribution is 2.40. The van der Waals surface area contributed by atoms with E-state index in [2.05, 4.69) is 139 Å². The normalized spacial score (nSPS) is 11.5. The molecule has 57 heavy (non-hydrogen) atoms. The van der Waals surface area contributed by atoms with Crippen LogP contribution in [0.2, 0.25) is 0 Å². The quantitative estimate of drug-likeness (QED) is 0.167. The van der Waals surface area contributed by atoms with Gasteiger partial charge >= 0.3 is 0 Å². The van der Waals surface area contributed by atoms with Crippen LogP contribution in [-0.2, 0) is 0 Å². The van der Waals surface area contributed by atoms with E-state index in [0.29, 0.717) is 16.9 Å². The molecule has 11 aromatic rings. The average Bonchev–Trinajstić information content (AvgIpc) is 3.91. The number of aromatic nitrogens is 3. The number of para-hydroxylation sites is 3. The van der Waals surface area contributed by atoms with Gasteiger partial charge in [0.2, 0.25) is 5.69 Å². The molecule has 0 amide bonds. The molecule has 0 aliphatic heterocycles. The third-order valence-electron chi connectivity index (χ3n) is 11.3. The Bertz CT molecular complexity index is 3560. The molecule has 0 unspecified atom stereocenters. The molecule has 0 radical (unpaired) electrons. The lowest BCUT2D eigenvalue weighted by atomic mass is 10.0. The van der Waals surface area contributed by atoms with E-state index in [4.69, 9.17) is 13.1 Å². The van der Waals surface area contributed by atoms with Gasteiger partial charge in [0, 0.05) is 38.3 Å². The van der Waals surface area contributed by atoms with Crippen LogP contribution in [0.1, 0.15) is 5.56 Å². The molecule has 0 spiro atoms. The Hall–Kier alpha value is -8.37. The van der Waals surface area contributed by atoms with Crippen molar-refractivity contribution in [1.29, 1.82) is 5.26 Å². The fourth-order valence-corrected chi connectivity index (χ4v) is 8.77. The molecule has 0 bridgehead atoms. The second-order valence-corrected chi connectivity index (χ2v) is 14.3. The maximum absolute atomic E-state index is 9.90. The fraction of sp³-hybridized carbons (Fsp3) is 0. The van der Waals surface area contributed by atoms with E-state index in [-0.39, 0.29) is 0 Å². The molecule has 0 N–H and O–H groups in total. The zero-order valence-electron chi connectivity index (χ0n) is 30.3. The van der Waals surface area contributed by atoms with E-state index in [1.54, 1.807) is 0 Å². The van der Waals surface area contributed by atoms with Crippen molar-refractivity contribution in [2.75, 3.05) is 0 Å². The summed E-state index contributed by atoms with van der Waals surface area (Å²) in [6.07, 6.45) is 0. The summed E-state index contributed by atoms with van der Waals surface area (Å²) in [6.45, 7) is 15.8. The minimum absolute atomic E-state index is 0.545. The van der Waals surface area contributed by atoms with E-state index in [1.165, 1.54) is 10.8 Å². The molecular weight excluding hydrogens is 697 g/mol. The monoisotopic (exact) mass is 724 g/mol. The van der Waals surface area contributed by atoms with E-state index < -0.39 is 0 Å². The minimum atomic E-state index is 0.545. The molecule has 0 saturated carbocycles. The van der Waals surface area contributed by atoms with Crippen LogP contribution in [0.3, 0.4) is 0 Å². The number of hydrogen-bond acceptors (Lipinski definition) is 1. The number of fused-ring (bicyclic) bond motifs is 9. The van der Waals surface area contributed by atoms with Gasteiger partial charge in [-0.1, -0.05) is 78.9 Å². The summed E-state index contributed by atoms with van der Waals surface area (Å²) in [6, 6.07) is 60.3. The van der Waals surface area contributed by atoms with Gasteiger partial charge in [-0.2, -0.15) is 5.26 Å². The summed E-state index contributed by atoms with van der Waals surface area (Å²) >= 11 is 0. The highest BCUT2D eigenvalue weighted by atomic mass is 15.0. The summed E-state index contributed by atoms with van der Waals surface area (Å²) < 4.78 is 6.72. The smallest absolute Gasteiger partial charge is 0.211 e. The molecule has 262 valence electrons. The maximum Gasteiger partial charge on any atom is 0.211 e.